The lowest BCUT2D eigenvalue weighted by Gasteiger charge is -2.18. The molecule has 0 spiro atoms. The molecule has 1 unspecified atom stereocenters. The minimum absolute atomic E-state index is 0.294. The molecular weight excluding hydrogens is 232 g/mol. The lowest BCUT2D eigenvalue weighted by atomic mass is 10.0. The van der Waals surface area contributed by atoms with Crippen LogP contribution in [0.4, 0.5) is 0 Å². The molecule has 1 heterocycles. The van der Waals surface area contributed by atoms with Gasteiger partial charge in [-0.2, -0.15) is 0 Å². The van der Waals surface area contributed by atoms with Crippen molar-refractivity contribution in [3.05, 3.63) is 65.5 Å². The van der Waals surface area contributed by atoms with Crippen LogP contribution in [0.5, 0.6) is 0 Å². The average Bonchev–Trinajstić information content (AvgIpc) is 2.44. The molecule has 2 rings (SSSR count). The van der Waals surface area contributed by atoms with E-state index >= 15 is 0 Å². The molecule has 0 bridgehead atoms. The second-order valence-corrected chi connectivity index (χ2v) is 4.95. The Hall–Kier alpha value is -1.67. The molecule has 0 radical (unpaired) electrons. The maximum absolute atomic E-state index is 4.53. The standard InChI is InChI=1S/C17H22N2/c1-3-10-18-17(13-15-7-5-4-6-8-15)16-12-14(2)9-11-19-16/h4-9,11-12,17-18H,3,10,13H2,1-2H3. The summed E-state index contributed by atoms with van der Waals surface area (Å²) in [6.45, 7) is 5.33. The highest BCUT2D eigenvalue weighted by Gasteiger charge is 2.12. The van der Waals surface area contributed by atoms with Crippen LogP contribution >= 0.6 is 0 Å². The number of nitrogens with zero attached hydrogens (tertiary/aromatic N) is 1. The van der Waals surface area contributed by atoms with E-state index in [1.54, 1.807) is 0 Å². The van der Waals surface area contributed by atoms with Crippen molar-refractivity contribution < 1.29 is 0 Å². The third-order valence-corrected chi connectivity index (χ3v) is 3.22. The van der Waals surface area contributed by atoms with Gasteiger partial charge in [0.05, 0.1) is 11.7 Å². The molecule has 1 atom stereocenters. The molecule has 2 heteroatoms. The minimum Gasteiger partial charge on any atom is -0.308 e. The molecule has 2 nitrogen and oxygen atoms in total. The fourth-order valence-corrected chi connectivity index (χ4v) is 2.20. The van der Waals surface area contributed by atoms with Crippen molar-refractivity contribution in [2.24, 2.45) is 0 Å². The van der Waals surface area contributed by atoms with E-state index in [4.69, 9.17) is 0 Å². The average molecular weight is 254 g/mol. The maximum Gasteiger partial charge on any atom is 0.0579 e. The van der Waals surface area contributed by atoms with Crippen molar-refractivity contribution in [2.75, 3.05) is 6.54 Å². The van der Waals surface area contributed by atoms with Crippen LogP contribution in [-0.2, 0) is 6.42 Å². The summed E-state index contributed by atoms with van der Waals surface area (Å²) in [6.07, 6.45) is 4.02. The summed E-state index contributed by atoms with van der Waals surface area (Å²) in [4.78, 5) is 4.53. The Bertz CT molecular complexity index is 494. The van der Waals surface area contributed by atoms with E-state index in [-0.39, 0.29) is 0 Å². The third kappa shape index (κ3) is 4.18. The zero-order chi connectivity index (χ0) is 13.5. The number of hydrogen-bond acceptors (Lipinski definition) is 2. The van der Waals surface area contributed by atoms with Crippen LogP contribution in [0.15, 0.2) is 48.7 Å². The van der Waals surface area contributed by atoms with Crippen LogP contribution in [0.3, 0.4) is 0 Å². The summed E-state index contributed by atoms with van der Waals surface area (Å²) in [6, 6.07) is 15.1. The minimum atomic E-state index is 0.294. The molecular formula is C17H22N2. The normalized spacial score (nSPS) is 12.3. The van der Waals surface area contributed by atoms with Crippen LogP contribution < -0.4 is 5.32 Å². The van der Waals surface area contributed by atoms with Gasteiger partial charge in [0, 0.05) is 6.20 Å². The van der Waals surface area contributed by atoms with Crippen LogP contribution in [0, 0.1) is 6.92 Å². The van der Waals surface area contributed by atoms with Crippen molar-refractivity contribution in [2.45, 2.75) is 32.7 Å². The molecule has 0 saturated carbocycles. The van der Waals surface area contributed by atoms with Crippen molar-refractivity contribution in [3.8, 4) is 0 Å². The number of benzene rings is 1. The van der Waals surface area contributed by atoms with E-state index in [1.807, 2.05) is 12.3 Å². The van der Waals surface area contributed by atoms with Crippen molar-refractivity contribution in [1.29, 1.82) is 0 Å². The number of rotatable bonds is 6. The summed E-state index contributed by atoms with van der Waals surface area (Å²) in [5.74, 6) is 0. The molecule has 1 aromatic carbocycles. The summed E-state index contributed by atoms with van der Waals surface area (Å²) in [7, 11) is 0. The van der Waals surface area contributed by atoms with Crippen LogP contribution in [0.1, 0.15) is 36.2 Å². The Balaban J connectivity index is 2.16. The van der Waals surface area contributed by atoms with Gasteiger partial charge in [0.1, 0.15) is 0 Å². The van der Waals surface area contributed by atoms with Gasteiger partial charge in [-0.3, -0.25) is 4.98 Å². The fourth-order valence-electron chi connectivity index (χ4n) is 2.20. The van der Waals surface area contributed by atoms with E-state index < -0.39 is 0 Å². The Morgan fingerprint density at radius 1 is 1.16 bits per heavy atom. The van der Waals surface area contributed by atoms with Crippen LogP contribution in [0.25, 0.3) is 0 Å². The predicted molar refractivity (Wildman–Crippen MR) is 80.2 cm³/mol. The largest absolute Gasteiger partial charge is 0.308 e. The summed E-state index contributed by atoms with van der Waals surface area (Å²) in [5.41, 5.74) is 3.75. The van der Waals surface area contributed by atoms with E-state index in [0.29, 0.717) is 6.04 Å². The number of aromatic nitrogens is 1. The molecule has 0 aliphatic heterocycles. The van der Waals surface area contributed by atoms with E-state index in [2.05, 4.69) is 60.5 Å². The zero-order valence-electron chi connectivity index (χ0n) is 11.8. The Kier molecular flexibility index (Phi) is 5.10. The van der Waals surface area contributed by atoms with Gasteiger partial charge in [-0.1, -0.05) is 37.3 Å². The second-order valence-electron chi connectivity index (χ2n) is 4.95. The van der Waals surface area contributed by atoms with Gasteiger partial charge in [-0.05, 0) is 49.6 Å². The van der Waals surface area contributed by atoms with Gasteiger partial charge < -0.3 is 5.32 Å². The summed E-state index contributed by atoms with van der Waals surface area (Å²) in [5, 5.41) is 3.60. The fraction of sp³-hybridized carbons (Fsp3) is 0.353. The highest BCUT2D eigenvalue weighted by molar-refractivity contribution is 5.22. The predicted octanol–water partition coefficient (Wildman–Crippen LogP) is 3.67. The highest BCUT2D eigenvalue weighted by Crippen LogP contribution is 2.17. The topological polar surface area (TPSA) is 24.9 Å². The quantitative estimate of drug-likeness (QED) is 0.850. The molecule has 0 aliphatic carbocycles. The number of aryl methyl sites for hydroxylation is 1. The SMILES string of the molecule is CCCNC(Cc1ccccc1)c1cc(C)ccn1. The Labute approximate surface area is 115 Å². The van der Waals surface area contributed by atoms with Gasteiger partial charge in [0.15, 0.2) is 0 Å². The first-order valence-corrected chi connectivity index (χ1v) is 6.99. The molecule has 0 saturated heterocycles. The molecule has 1 aromatic heterocycles. The number of hydrogen-bond donors (Lipinski definition) is 1. The van der Waals surface area contributed by atoms with Gasteiger partial charge in [-0.25, -0.2) is 0 Å². The van der Waals surface area contributed by atoms with Gasteiger partial charge in [0.25, 0.3) is 0 Å². The van der Waals surface area contributed by atoms with E-state index in [9.17, 15) is 0 Å². The molecule has 2 aromatic rings. The van der Waals surface area contributed by atoms with Gasteiger partial charge in [0.2, 0.25) is 0 Å². The second kappa shape index (κ2) is 7.05. The molecule has 0 amide bonds. The molecule has 100 valence electrons. The van der Waals surface area contributed by atoms with Crippen molar-refractivity contribution in [3.63, 3.8) is 0 Å². The van der Waals surface area contributed by atoms with Gasteiger partial charge in [-0.15, -0.1) is 0 Å². The molecule has 19 heavy (non-hydrogen) atoms. The molecule has 1 N–H and O–H groups in total. The smallest absolute Gasteiger partial charge is 0.0579 e. The third-order valence-electron chi connectivity index (χ3n) is 3.22. The van der Waals surface area contributed by atoms with Crippen molar-refractivity contribution in [1.82, 2.24) is 10.3 Å². The first-order chi connectivity index (χ1) is 9.29. The molecule has 0 aliphatic rings. The Morgan fingerprint density at radius 3 is 2.63 bits per heavy atom. The first-order valence-electron chi connectivity index (χ1n) is 6.99. The number of pyridine rings is 1. The summed E-state index contributed by atoms with van der Waals surface area (Å²) < 4.78 is 0. The van der Waals surface area contributed by atoms with Gasteiger partial charge >= 0.3 is 0 Å². The monoisotopic (exact) mass is 254 g/mol. The van der Waals surface area contributed by atoms with E-state index in [1.165, 1.54) is 11.1 Å². The van der Waals surface area contributed by atoms with Crippen LogP contribution in [0.2, 0.25) is 0 Å². The first kappa shape index (κ1) is 13.8. The summed E-state index contributed by atoms with van der Waals surface area (Å²) >= 11 is 0. The van der Waals surface area contributed by atoms with E-state index in [0.717, 1.165) is 25.1 Å². The number of nitrogens with one attached hydrogen (secondary N) is 1. The highest BCUT2D eigenvalue weighted by atomic mass is 14.9. The zero-order valence-corrected chi connectivity index (χ0v) is 11.8. The Morgan fingerprint density at radius 2 is 1.95 bits per heavy atom. The maximum atomic E-state index is 4.53. The molecule has 0 fully saturated rings. The van der Waals surface area contributed by atoms with Crippen LogP contribution in [-0.4, -0.2) is 11.5 Å². The lowest BCUT2D eigenvalue weighted by Crippen LogP contribution is -2.25. The lowest BCUT2D eigenvalue weighted by molar-refractivity contribution is 0.517. The van der Waals surface area contributed by atoms with Crippen molar-refractivity contribution >= 4 is 0 Å².